The standard InChI is InChI=1S/C32H49N3O7S/c1-22-11-13-26(36)21-29(37)42-30(23(2)12-14-28(22)41-31(38)35-17-15-34(7)16-18-35)24(3)19-25-9-8-10-27(20-25)43(39,40)33-32(4,5)6/h8-10,12,14,19-20,22-23,26,28,30,33,36H,11,13,15-18,21H2,1-7H3/b14-12-,24-19+/t22-,23-,26+,28-,30-/m0/s1. The van der Waals surface area contributed by atoms with Crippen molar-refractivity contribution in [2.24, 2.45) is 11.8 Å². The normalized spacial score (nSPS) is 27.9. The molecule has 1 saturated heterocycles. The van der Waals surface area contributed by atoms with Gasteiger partial charge in [-0.05, 0) is 82.8 Å². The topological polar surface area (TPSA) is 125 Å². The predicted octanol–water partition coefficient (Wildman–Crippen LogP) is 4.20. The van der Waals surface area contributed by atoms with E-state index in [9.17, 15) is 23.1 Å². The van der Waals surface area contributed by atoms with E-state index in [0.29, 0.717) is 37.1 Å². The number of aliphatic hydroxyl groups excluding tert-OH is 1. The highest BCUT2D eigenvalue weighted by Crippen LogP contribution is 2.26. The van der Waals surface area contributed by atoms with E-state index in [-0.39, 0.29) is 29.2 Å². The fourth-order valence-electron chi connectivity index (χ4n) is 5.21. The van der Waals surface area contributed by atoms with Gasteiger partial charge in [-0.2, -0.15) is 0 Å². The number of nitrogens with zero attached hydrogens (tertiary/aromatic N) is 2. The summed E-state index contributed by atoms with van der Waals surface area (Å²) in [5.41, 5.74) is 0.706. The van der Waals surface area contributed by atoms with Gasteiger partial charge in [0, 0.05) is 37.6 Å². The van der Waals surface area contributed by atoms with Crippen LogP contribution in [0.1, 0.15) is 66.4 Å². The summed E-state index contributed by atoms with van der Waals surface area (Å²) in [4.78, 5) is 29.9. The molecule has 0 unspecified atom stereocenters. The Bertz CT molecular complexity index is 1280. The zero-order valence-corrected chi connectivity index (χ0v) is 27.4. The van der Waals surface area contributed by atoms with Gasteiger partial charge in [0.2, 0.25) is 10.0 Å². The van der Waals surface area contributed by atoms with Crippen molar-refractivity contribution in [3.8, 4) is 0 Å². The minimum atomic E-state index is -3.74. The number of rotatable bonds is 5. The molecule has 0 radical (unpaired) electrons. The summed E-state index contributed by atoms with van der Waals surface area (Å²) in [5, 5.41) is 10.6. The first-order valence-electron chi connectivity index (χ1n) is 15.1. The van der Waals surface area contributed by atoms with Crippen LogP contribution in [-0.2, 0) is 24.3 Å². The highest BCUT2D eigenvalue weighted by atomic mass is 32.2. The molecule has 0 spiro atoms. The van der Waals surface area contributed by atoms with Crippen LogP contribution < -0.4 is 4.72 Å². The Morgan fingerprint density at radius 1 is 1.12 bits per heavy atom. The van der Waals surface area contributed by atoms with Crippen LogP contribution >= 0.6 is 0 Å². The maximum atomic E-state index is 13.0. The Morgan fingerprint density at radius 2 is 1.79 bits per heavy atom. The van der Waals surface area contributed by atoms with Gasteiger partial charge in [-0.1, -0.05) is 38.1 Å². The molecule has 5 atom stereocenters. The number of nitrogens with one attached hydrogen (secondary N) is 1. The van der Waals surface area contributed by atoms with E-state index in [4.69, 9.17) is 9.47 Å². The molecule has 1 amide bonds. The molecule has 240 valence electrons. The maximum absolute atomic E-state index is 13.0. The molecule has 0 bridgehead atoms. The number of ether oxygens (including phenoxy) is 2. The van der Waals surface area contributed by atoms with E-state index >= 15 is 0 Å². The predicted molar refractivity (Wildman–Crippen MR) is 167 cm³/mol. The largest absolute Gasteiger partial charge is 0.457 e. The van der Waals surface area contributed by atoms with Gasteiger partial charge in [-0.25, -0.2) is 17.9 Å². The third-order valence-electron chi connectivity index (χ3n) is 7.71. The first-order valence-corrected chi connectivity index (χ1v) is 16.5. The smallest absolute Gasteiger partial charge is 0.410 e. The average molecular weight is 620 g/mol. The quantitative estimate of drug-likeness (QED) is 0.371. The van der Waals surface area contributed by atoms with Gasteiger partial charge < -0.3 is 24.4 Å². The molecule has 0 aliphatic carbocycles. The number of cyclic esters (lactones) is 1. The highest BCUT2D eigenvalue weighted by molar-refractivity contribution is 7.89. The summed E-state index contributed by atoms with van der Waals surface area (Å²) in [7, 11) is -1.71. The molecule has 0 saturated carbocycles. The van der Waals surface area contributed by atoms with Gasteiger partial charge in [-0.15, -0.1) is 0 Å². The van der Waals surface area contributed by atoms with Crippen molar-refractivity contribution >= 4 is 28.2 Å². The average Bonchev–Trinajstić information content (AvgIpc) is 2.91. The summed E-state index contributed by atoms with van der Waals surface area (Å²) in [6.07, 6.45) is 3.90. The first-order chi connectivity index (χ1) is 20.0. The molecule has 2 heterocycles. The number of amides is 1. The number of hydrogen-bond acceptors (Lipinski definition) is 8. The van der Waals surface area contributed by atoms with Crippen LogP contribution in [0.5, 0.6) is 0 Å². The van der Waals surface area contributed by atoms with E-state index in [2.05, 4.69) is 9.62 Å². The van der Waals surface area contributed by atoms with Crippen LogP contribution in [0.25, 0.3) is 6.08 Å². The van der Waals surface area contributed by atoms with Crippen molar-refractivity contribution in [3.05, 3.63) is 47.6 Å². The Morgan fingerprint density at radius 3 is 2.44 bits per heavy atom. The van der Waals surface area contributed by atoms with Crippen LogP contribution in [0.2, 0.25) is 0 Å². The van der Waals surface area contributed by atoms with Crippen LogP contribution in [0.3, 0.4) is 0 Å². The van der Waals surface area contributed by atoms with Gasteiger partial charge >= 0.3 is 12.1 Å². The second kappa shape index (κ2) is 14.8. The number of sulfonamides is 1. The molecular weight excluding hydrogens is 570 g/mol. The van der Waals surface area contributed by atoms with Gasteiger partial charge in [0.1, 0.15) is 12.2 Å². The molecule has 11 heteroatoms. The third kappa shape index (κ3) is 10.7. The monoisotopic (exact) mass is 619 g/mol. The Kier molecular flexibility index (Phi) is 12.0. The molecule has 10 nitrogen and oxygen atoms in total. The number of hydrogen-bond donors (Lipinski definition) is 2. The van der Waals surface area contributed by atoms with Crippen molar-refractivity contribution in [1.29, 1.82) is 0 Å². The first kappa shape index (κ1) is 34.8. The molecule has 1 fully saturated rings. The summed E-state index contributed by atoms with van der Waals surface area (Å²) >= 11 is 0. The fraction of sp³-hybridized carbons (Fsp3) is 0.625. The van der Waals surface area contributed by atoms with Gasteiger partial charge in [0.25, 0.3) is 0 Å². The zero-order valence-electron chi connectivity index (χ0n) is 26.6. The van der Waals surface area contributed by atoms with E-state index in [0.717, 1.165) is 13.1 Å². The van der Waals surface area contributed by atoms with Crippen molar-refractivity contribution in [1.82, 2.24) is 14.5 Å². The van der Waals surface area contributed by atoms with Gasteiger partial charge in [0.05, 0.1) is 17.4 Å². The number of esters is 1. The number of carbonyl (C=O) groups is 2. The minimum absolute atomic E-state index is 0.0774. The lowest BCUT2D eigenvalue weighted by molar-refractivity contribution is -0.151. The maximum Gasteiger partial charge on any atom is 0.410 e. The van der Waals surface area contributed by atoms with Crippen molar-refractivity contribution in [2.75, 3.05) is 33.2 Å². The molecule has 1 aromatic rings. The van der Waals surface area contributed by atoms with E-state index in [1.807, 2.05) is 40.0 Å². The minimum Gasteiger partial charge on any atom is -0.457 e. The van der Waals surface area contributed by atoms with Crippen molar-refractivity contribution in [2.45, 2.75) is 89.6 Å². The lowest BCUT2D eigenvalue weighted by Crippen LogP contribution is -2.48. The molecule has 0 aromatic heterocycles. The SMILES string of the molecule is C/C(=C\c1cccc(S(=O)(=O)NC(C)(C)C)c1)[C@H]1OC(=O)C[C@H](O)CC[C@H](C)[C@@H](OC(=O)N2CCN(C)CC2)/C=C\[C@@H]1C. The van der Waals surface area contributed by atoms with Gasteiger partial charge in [0.15, 0.2) is 0 Å². The number of benzene rings is 1. The Hall–Kier alpha value is -2.73. The summed E-state index contributed by atoms with van der Waals surface area (Å²) in [5.74, 6) is -0.891. The van der Waals surface area contributed by atoms with E-state index in [1.54, 1.807) is 49.9 Å². The Balaban J connectivity index is 1.87. The van der Waals surface area contributed by atoms with Crippen LogP contribution in [0, 0.1) is 11.8 Å². The number of piperazine rings is 1. The summed E-state index contributed by atoms with van der Waals surface area (Å²) < 4.78 is 40.3. The Labute approximate surface area is 257 Å². The number of carbonyl (C=O) groups excluding carboxylic acids is 2. The third-order valence-corrected chi connectivity index (χ3v) is 9.46. The zero-order chi connectivity index (χ0) is 31.9. The van der Waals surface area contributed by atoms with Crippen LogP contribution in [0.4, 0.5) is 4.79 Å². The number of aliphatic hydroxyl groups is 1. The lowest BCUT2D eigenvalue weighted by Gasteiger charge is -2.33. The molecule has 3 rings (SSSR count). The van der Waals surface area contributed by atoms with E-state index in [1.165, 1.54) is 6.07 Å². The van der Waals surface area contributed by atoms with Crippen molar-refractivity contribution in [3.63, 3.8) is 0 Å². The molecule has 43 heavy (non-hydrogen) atoms. The molecule has 2 N–H and O–H groups in total. The van der Waals surface area contributed by atoms with Gasteiger partial charge in [-0.3, -0.25) is 4.79 Å². The highest BCUT2D eigenvalue weighted by Gasteiger charge is 2.29. The fourth-order valence-corrected chi connectivity index (χ4v) is 6.68. The molecule has 2 aliphatic heterocycles. The lowest BCUT2D eigenvalue weighted by atomic mass is 9.91. The van der Waals surface area contributed by atoms with E-state index < -0.39 is 39.8 Å². The van der Waals surface area contributed by atoms with Crippen molar-refractivity contribution < 1.29 is 32.6 Å². The van der Waals surface area contributed by atoms with Crippen LogP contribution in [-0.4, -0.2) is 92.5 Å². The second-order valence-corrected chi connectivity index (χ2v) is 14.7. The molecule has 2 aliphatic rings. The van der Waals surface area contributed by atoms with Crippen LogP contribution in [0.15, 0.2) is 46.9 Å². The number of likely N-dealkylation sites (N-methyl/N-ethyl adjacent to an activating group) is 1. The molecule has 1 aromatic carbocycles. The second-order valence-electron chi connectivity index (χ2n) is 13.0. The summed E-state index contributed by atoms with van der Waals surface area (Å²) in [6.45, 7) is 13.8. The summed E-state index contributed by atoms with van der Waals surface area (Å²) in [6, 6.07) is 6.57. The molecular formula is C32H49N3O7S.